The maximum absolute atomic E-state index is 13.2. The van der Waals surface area contributed by atoms with Crippen molar-refractivity contribution >= 4 is 16.7 Å². The number of rotatable bonds is 3. The van der Waals surface area contributed by atoms with Crippen molar-refractivity contribution < 1.29 is 14.1 Å². The fourth-order valence-corrected chi connectivity index (χ4v) is 9.74. The molecule has 1 unspecified atom stereocenters. The number of fused-ring (bicyclic) bond motifs is 3. The van der Waals surface area contributed by atoms with Crippen LogP contribution in [-0.4, -0.2) is 52.3 Å². The Balaban J connectivity index is 1.70. The molecule has 5 aliphatic rings. The summed E-state index contributed by atoms with van der Waals surface area (Å²) >= 11 is 0. The highest BCUT2D eigenvalue weighted by atomic mass is 32.2. The molecule has 2 bridgehead atoms. The summed E-state index contributed by atoms with van der Waals surface area (Å²) < 4.78 is 12.0. The van der Waals surface area contributed by atoms with Crippen molar-refractivity contribution in [3.63, 3.8) is 0 Å². The molecule has 0 aliphatic heterocycles. The van der Waals surface area contributed by atoms with Crippen LogP contribution in [0.1, 0.15) is 65.2 Å². The molecule has 0 heterocycles. The summed E-state index contributed by atoms with van der Waals surface area (Å²) in [5.41, 5.74) is -0.152. The van der Waals surface area contributed by atoms with Gasteiger partial charge in [0.05, 0.1) is 6.10 Å². The van der Waals surface area contributed by atoms with Crippen molar-refractivity contribution in [3.05, 3.63) is 0 Å². The van der Waals surface area contributed by atoms with Crippen LogP contribution in [0.4, 0.5) is 0 Å². The molecule has 1 N–H and O–H groups in total. The highest BCUT2D eigenvalue weighted by molar-refractivity contribution is 7.84. The summed E-state index contributed by atoms with van der Waals surface area (Å²) in [5.74, 6) is 2.55. The molecular weight excluding hydrogens is 370 g/mol. The monoisotopic (exact) mass is 409 g/mol. The minimum Gasteiger partial charge on any atom is -0.392 e. The molecule has 0 aromatic carbocycles. The minimum atomic E-state index is -0.854. The minimum absolute atomic E-state index is 0.0105. The first-order chi connectivity index (χ1) is 13.1. The Morgan fingerprint density at radius 3 is 2.43 bits per heavy atom. The van der Waals surface area contributed by atoms with Gasteiger partial charge in [0.15, 0.2) is 0 Å². The van der Waals surface area contributed by atoms with Gasteiger partial charge in [0.1, 0.15) is 0 Å². The lowest BCUT2D eigenvalue weighted by atomic mass is 9.35. The molecule has 0 saturated heterocycles. The summed E-state index contributed by atoms with van der Waals surface area (Å²) in [6.45, 7) is 4.67. The molecule has 5 aliphatic carbocycles. The van der Waals surface area contributed by atoms with Crippen molar-refractivity contribution in [2.45, 2.75) is 71.3 Å². The van der Waals surface area contributed by atoms with Crippen molar-refractivity contribution in [1.29, 1.82) is 0 Å². The van der Waals surface area contributed by atoms with Gasteiger partial charge >= 0.3 is 0 Å². The summed E-state index contributed by atoms with van der Waals surface area (Å²) in [6, 6.07) is 0. The summed E-state index contributed by atoms with van der Waals surface area (Å²) in [5, 5.41) is 11.5. The Morgan fingerprint density at radius 1 is 1.11 bits per heavy atom. The largest absolute Gasteiger partial charge is 0.392 e. The first kappa shape index (κ1) is 20.8. The molecule has 4 nitrogen and oxygen atoms in total. The molecule has 5 fully saturated rings. The molecule has 9 atom stereocenters. The van der Waals surface area contributed by atoms with Crippen molar-refractivity contribution in [2.24, 2.45) is 39.9 Å². The van der Waals surface area contributed by atoms with Crippen LogP contribution in [0.15, 0.2) is 0 Å². The Morgan fingerprint density at radius 2 is 1.79 bits per heavy atom. The van der Waals surface area contributed by atoms with Gasteiger partial charge in [0.25, 0.3) is 0 Å². The number of amides is 1. The van der Waals surface area contributed by atoms with Crippen LogP contribution in [-0.2, 0) is 15.6 Å². The van der Waals surface area contributed by atoms with E-state index in [-0.39, 0.29) is 28.3 Å². The molecule has 1 amide bonds. The lowest BCUT2D eigenvalue weighted by Crippen LogP contribution is -2.67. The van der Waals surface area contributed by atoms with E-state index in [4.69, 9.17) is 0 Å². The van der Waals surface area contributed by atoms with Gasteiger partial charge in [-0.2, -0.15) is 0 Å². The average Bonchev–Trinajstić information content (AvgIpc) is 2.63. The maximum Gasteiger partial charge on any atom is 0.228 e. The molecule has 160 valence electrons. The van der Waals surface area contributed by atoms with Gasteiger partial charge in [0.2, 0.25) is 5.91 Å². The number of hydrogen-bond donors (Lipinski definition) is 1. The number of nitrogens with zero attached hydrogens (tertiary/aromatic N) is 1. The van der Waals surface area contributed by atoms with Gasteiger partial charge < -0.3 is 10.0 Å². The maximum atomic E-state index is 13.2. The van der Waals surface area contributed by atoms with Gasteiger partial charge in [0, 0.05) is 42.3 Å². The van der Waals surface area contributed by atoms with E-state index in [0.717, 1.165) is 38.5 Å². The smallest absolute Gasteiger partial charge is 0.228 e. The first-order valence-electron chi connectivity index (χ1n) is 11.3. The number of aliphatic hydroxyl groups is 1. The Bertz CT molecular complexity index is 681. The number of carbonyl (C=O) groups is 1. The summed E-state index contributed by atoms with van der Waals surface area (Å²) in [7, 11) is 2.94. The van der Waals surface area contributed by atoms with Crippen LogP contribution in [0.5, 0.6) is 0 Å². The Kier molecular flexibility index (Phi) is 5.06. The van der Waals surface area contributed by atoms with Crippen LogP contribution >= 0.6 is 0 Å². The molecule has 1 spiro atoms. The third kappa shape index (κ3) is 2.71. The van der Waals surface area contributed by atoms with E-state index in [1.807, 2.05) is 14.1 Å². The summed E-state index contributed by atoms with van der Waals surface area (Å²) in [6.07, 6.45) is 10.3. The number of aliphatic hydroxyl groups excluding tert-OH is 1. The zero-order chi connectivity index (χ0) is 20.5. The highest BCUT2D eigenvalue weighted by Gasteiger charge is 2.68. The first-order valence-corrected chi connectivity index (χ1v) is 13.0. The Labute approximate surface area is 173 Å². The van der Waals surface area contributed by atoms with E-state index in [2.05, 4.69) is 13.8 Å². The van der Waals surface area contributed by atoms with E-state index < -0.39 is 10.8 Å². The van der Waals surface area contributed by atoms with E-state index in [0.29, 0.717) is 29.4 Å². The second-order valence-corrected chi connectivity index (χ2v) is 12.7. The fraction of sp³-hybridized carbons (Fsp3) is 0.957. The normalized spacial score (nSPS) is 51.1. The Hall–Kier alpha value is -0.420. The topological polar surface area (TPSA) is 57.6 Å². The van der Waals surface area contributed by atoms with Gasteiger partial charge in [-0.1, -0.05) is 20.3 Å². The fourth-order valence-electron chi connectivity index (χ4n) is 8.74. The molecule has 0 radical (unpaired) electrons. The van der Waals surface area contributed by atoms with Crippen LogP contribution in [0.25, 0.3) is 0 Å². The number of hydrogen-bond acceptors (Lipinski definition) is 3. The van der Waals surface area contributed by atoms with Crippen LogP contribution in [0, 0.1) is 39.9 Å². The van der Waals surface area contributed by atoms with Crippen LogP contribution < -0.4 is 0 Å². The van der Waals surface area contributed by atoms with E-state index in [1.165, 1.54) is 12.8 Å². The van der Waals surface area contributed by atoms with Gasteiger partial charge in [-0.15, -0.1) is 0 Å². The second kappa shape index (κ2) is 6.80. The third-order valence-corrected chi connectivity index (χ3v) is 10.7. The van der Waals surface area contributed by atoms with E-state index in [1.54, 1.807) is 11.2 Å². The third-order valence-electron chi connectivity index (χ3n) is 9.81. The molecule has 28 heavy (non-hydrogen) atoms. The zero-order valence-corrected chi connectivity index (χ0v) is 19.2. The second-order valence-electron chi connectivity index (χ2n) is 11.2. The summed E-state index contributed by atoms with van der Waals surface area (Å²) in [4.78, 5) is 15.0. The lowest BCUT2D eigenvalue weighted by Gasteiger charge is -2.70. The van der Waals surface area contributed by atoms with Gasteiger partial charge in [-0.3, -0.25) is 9.00 Å². The van der Waals surface area contributed by atoms with Crippen molar-refractivity contribution in [2.75, 3.05) is 26.1 Å². The van der Waals surface area contributed by atoms with Crippen LogP contribution in [0.3, 0.4) is 0 Å². The molecule has 5 heteroatoms. The SMILES string of the molecule is CN(C)C(=O)[C@]1(C)CCC[C@@]2(C)[C@@H]3C[C@H]4CC[C@@]3(CC[C@@H]21)[C@H](O)[C@H]4CS(C)=O. The molecule has 0 aromatic rings. The molecule has 5 rings (SSSR count). The predicted molar refractivity (Wildman–Crippen MR) is 113 cm³/mol. The quantitative estimate of drug-likeness (QED) is 0.777. The van der Waals surface area contributed by atoms with Crippen molar-refractivity contribution in [1.82, 2.24) is 4.90 Å². The lowest BCUT2D eigenvalue weighted by molar-refractivity contribution is -0.240. The predicted octanol–water partition coefficient (Wildman–Crippen LogP) is 3.45. The molecule has 5 saturated carbocycles. The number of carbonyl (C=O) groups excluding carboxylic acids is 1. The van der Waals surface area contributed by atoms with Crippen molar-refractivity contribution in [3.8, 4) is 0 Å². The van der Waals surface area contributed by atoms with E-state index in [9.17, 15) is 14.1 Å². The highest BCUT2D eigenvalue weighted by Crippen LogP contribution is 2.72. The van der Waals surface area contributed by atoms with Gasteiger partial charge in [-0.25, -0.2) is 0 Å². The standard InChI is InChI=1S/C23H39NO3S/c1-21-9-6-10-22(2,20(26)24(3)4)17(21)8-12-23-11-7-15(13-18(21)23)16(19(23)25)14-28(5)27/h15-19,25H,6-14H2,1-5H3/t15-,16+,17+,18+,19-,21-,22-,23+,28?/m1/s1. The van der Waals surface area contributed by atoms with Gasteiger partial charge in [-0.05, 0) is 79.4 Å². The zero-order valence-electron chi connectivity index (χ0n) is 18.4. The van der Waals surface area contributed by atoms with E-state index >= 15 is 0 Å². The molecular formula is C23H39NO3S. The average molecular weight is 410 g/mol. The van der Waals surface area contributed by atoms with Crippen LogP contribution in [0.2, 0.25) is 0 Å². The molecule has 0 aromatic heterocycles.